The van der Waals surface area contributed by atoms with Crippen LogP contribution in [0.25, 0.3) is 0 Å². The molecule has 3 unspecified atom stereocenters. The Labute approximate surface area is 140 Å². The lowest BCUT2D eigenvalue weighted by atomic mass is 9.83. The van der Waals surface area contributed by atoms with Gasteiger partial charge in [-0.3, -0.25) is 0 Å². The highest BCUT2D eigenvalue weighted by Gasteiger charge is 2.14. The molecule has 0 aromatic rings. The summed E-state index contributed by atoms with van der Waals surface area (Å²) in [5, 5.41) is 0. The van der Waals surface area contributed by atoms with Gasteiger partial charge in [0.1, 0.15) is 0 Å². The van der Waals surface area contributed by atoms with Crippen molar-refractivity contribution < 1.29 is 0 Å². The molecule has 0 saturated heterocycles. The maximum absolute atomic E-state index is 4.06. The first-order valence-corrected chi connectivity index (χ1v) is 9.93. The lowest BCUT2D eigenvalue weighted by molar-refractivity contribution is 0.351. The van der Waals surface area contributed by atoms with Gasteiger partial charge in [0.15, 0.2) is 0 Å². The Kier molecular flexibility index (Phi) is 10.6. The normalized spacial score (nSPS) is 21.2. The van der Waals surface area contributed by atoms with Crippen LogP contribution in [0.1, 0.15) is 97.8 Å². The van der Waals surface area contributed by atoms with Gasteiger partial charge in [-0.25, -0.2) is 0 Å². The summed E-state index contributed by atoms with van der Waals surface area (Å²) in [5.74, 6) is 2.63. The summed E-state index contributed by atoms with van der Waals surface area (Å²) < 4.78 is 0. The van der Waals surface area contributed by atoms with E-state index in [1.165, 1.54) is 77.0 Å². The smallest absolute Gasteiger partial charge is 0.0236 e. The monoisotopic (exact) mass is 304 g/mol. The average Bonchev–Trinajstić information content (AvgIpc) is 2.53. The fraction of sp³-hybridized carbons (Fsp3) is 0.818. The molecule has 1 rings (SSSR count). The third-order valence-electron chi connectivity index (χ3n) is 5.61. The highest BCUT2D eigenvalue weighted by molar-refractivity contribution is 5.02. The van der Waals surface area contributed by atoms with Crippen molar-refractivity contribution in [1.82, 2.24) is 0 Å². The zero-order valence-corrected chi connectivity index (χ0v) is 15.6. The SMILES string of the molecule is C=CC(CCCCCC)CCC(C)CCC1CC=C(C)CC1. The molecule has 22 heavy (non-hydrogen) atoms. The first-order chi connectivity index (χ1) is 10.7. The van der Waals surface area contributed by atoms with Crippen molar-refractivity contribution >= 4 is 0 Å². The third-order valence-corrected chi connectivity index (χ3v) is 5.61. The average molecular weight is 305 g/mol. The van der Waals surface area contributed by atoms with Gasteiger partial charge in [0.25, 0.3) is 0 Å². The Balaban J connectivity index is 2.10. The quantitative estimate of drug-likeness (QED) is 0.256. The molecule has 3 atom stereocenters. The molecule has 0 spiro atoms. The van der Waals surface area contributed by atoms with E-state index in [9.17, 15) is 0 Å². The van der Waals surface area contributed by atoms with Gasteiger partial charge in [-0.2, -0.15) is 0 Å². The van der Waals surface area contributed by atoms with Gasteiger partial charge in [-0.15, -0.1) is 6.58 Å². The molecule has 0 amide bonds. The number of hydrogen-bond acceptors (Lipinski definition) is 0. The van der Waals surface area contributed by atoms with E-state index in [0.717, 1.165) is 17.8 Å². The van der Waals surface area contributed by atoms with E-state index < -0.39 is 0 Å². The Morgan fingerprint density at radius 1 is 1.18 bits per heavy atom. The van der Waals surface area contributed by atoms with Gasteiger partial charge >= 0.3 is 0 Å². The first kappa shape index (κ1) is 19.5. The van der Waals surface area contributed by atoms with Crippen LogP contribution < -0.4 is 0 Å². The van der Waals surface area contributed by atoms with Gasteiger partial charge in [0.05, 0.1) is 0 Å². The summed E-state index contributed by atoms with van der Waals surface area (Å²) in [6, 6.07) is 0. The van der Waals surface area contributed by atoms with Crippen LogP contribution in [0.4, 0.5) is 0 Å². The molecule has 0 saturated carbocycles. The zero-order valence-electron chi connectivity index (χ0n) is 15.6. The number of allylic oxidation sites excluding steroid dienone is 3. The minimum Gasteiger partial charge on any atom is -0.103 e. The van der Waals surface area contributed by atoms with E-state index in [2.05, 4.69) is 39.5 Å². The molecule has 1 aliphatic rings. The van der Waals surface area contributed by atoms with Crippen LogP contribution in [0.3, 0.4) is 0 Å². The van der Waals surface area contributed by atoms with E-state index in [0.29, 0.717) is 0 Å². The molecule has 0 heterocycles. The molecular weight excluding hydrogens is 264 g/mol. The fourth-order valence-electron chi connectivity index (χ4n) is 3.66. The molecule has 0 heteroatoms. The highest BCUT2D eigenvalue weighted by atomic mass is 14.2. The molecule has 0 aromatic heterocycles. The van der Waals surface area contributed by atoms with Crippen LogP contribution in [0.15, 0.2) is 24.3 Å². The summed E-state index contributed by atoms with van der Waals surface area (Å²) in [5.41, 5.74) is 1.61. The predicted molar refractivity (Wildman–Crippen MR) is 101 cm³/mol. The summed E-state index contributed by atoms with van der Waals surface area (Å²) in [7, 11) is 0. The van der Waals surface area contributed by atoms with Crippen molar-refractivity contribution in [3.8, 4) is 0 Å². The largest absolute Gasteiger partial charge is 0.103 e. The zero-order chi connectivity index (χ0) is 16.2. The third kappa shape index (κ3) is 8.81. The molecule has 0 radical (unpaired) electrons. The lowest BCUT2D eigenvalue weighted by Gasteiger charge is -2.22. The first-order valence-electron chi connectivity index (χ1n) is 9.93. The summed E-state index contributed by atoms with van der Waals surface area (Å²) in [4.78, 5) is 0. The number of unbranched alkanes of at least 4 members (excludes halogenated alkanes) is 3. The minimum atomic E-state index is 0.763. The highest BCUT2D eigenvalue weighted by Crippen LogP contribution is 2.29. The maximum Gasteiger partial charge on any atom is -0.0236 e. The lowest BCUT2D eigenvalue weighted by Crippen LogP contribution is -2.08. The Morgan fingerprint density at radius 2 is 2.00 bits per heavy atom. The number of hydrogen-bond donors (Lipinski definition) is 0. The second-order valence-corrected chi connectivity index (χ2v) is 7.80. The van der Waals surface area contributed by atoms with Crippen molar-refractivity contribution in [2.24, 2.45) is 17.8 Å². The fourth-order valence-corrected chi connectivity index (χ4v) is 3.66. The topological polar surface area (TPSA) is 0 Å². The molecule has 1 aliphatic carbocycles. The van der Waals surface area contributed by atoms with Crippen molar-refractivity contribution in [1.29, 1.82) is 0 Å². The van der Waals surface area contributed by atoms with Gasteiger partial charge in [0, 0.05) is 0 Å². The van der Waals surface area contributed by atoms with Crippen LogP contribution in [-0.4, -0.2) is 0 Å². The molecule has 0 fully saturated rings. The van der Waals surface area contributed by atoms with E-state index in [-0.39, 0.29) is 0 Å². The van der Waals surface area contributed by atoms with Crippen LogP contribution in [0, 0.1) is 17.8 Å². The van der Waals surface area contributed by atoms with Crippen LogP contribution in [0.5, 0.6) is 0 Å². The van der Waals surface area contributed by atoms with Crippen molar-refractivity contribution in [3.05, 3.63) is 24.3 Å². The van der Waals surface area contributed by atoms with E-state index >= 15 is 0 Å². The summed E-state index contributed by atoms with van der Waals surface area (Å²) in [6.07, 6.45) is 21.3. The molecule has 128 valence electrons. The Morgan fingerprint density at radius 3 is 2.64 bits per heavy atom. The minimum absolute atomic E-state index is 0.763. The van der Waals surface area contributed by atoms with Crippen molar-refractivity contribution in [2.75, 3.05) is 0 Å². The van der Waals surface area contributed by atoms with E-state index in [1.54, 1.807) is 5.57 Å². The molecule has 0 aromatic carbocycles. The Bertz CT molecular complexity index is 312. The van der Waals surface area contributed by atoms with Crippen LogP contribution in [0.2, 0.25) is 0 Å². The summed E-state index contributed by atoms with van der Waals surface area (Å²) >= 11 is 0. The summed E-state index contributed by atoms with van der Waals surface area (Å²) in [6.45, 7) is 11.1. The van der Waals surface area contributed by atoms with E-state index in [4.69, 9.17) is 0 Å². The van der Waals surface area contributed by atoms with E-state index in [1.807, 2.05) is 0 Å². The van der Waals surface area contributed by atoms with Crippen molar-refractivity contribution in [2.45, 2.75) is 97.8 Å². The molecule has 0 nitrogen and oxygen atoms in total. The van der Waals surface area contributed by atoms with Gasteiger partial charge in [-0.05, 0) is 63.2 Å². The molecule has 0 bridgehead atoms. The van der Waals surface area contributed by atoms with Gasteiger partial charge in [-0.1, -0.05) is 70.1 Å². The standard InChI is InChI=1S/C22H40/c1-5-7-8-9-10-21(6-2)15-11-19(3)12-16-22-17-13-20(4)14-18-22/h6,13,19,21-22H,2,5,7-12,14-18H2,1,3-4H3. The predicted octanol–water partition coefficient (Wildman–Crippen LogP) is 7.70. The molecular formula is C22H40. The van der Waals surface area contributed by atoms with Crippen LogP contribution in [-0.2, 0) is 0 Å². The number of rotatable bonds is 12. The van der Waals surface area contributed by atoms with Gasteiger partial charge in [0.2, 0.25) is 0 Å². The Hall–Kier alpha value is -0.520. The molecule has 0 aliphatic heterocycles. The second-order valence-electron chi connectivity index (χ2n) is 7.80. The van der Waals surface area contributed by atoms with Gasteiger partial charge < -0.3 is 0 Å². The maximum atomic E-state index is 4.06. The van der Waals surface area contributed by atoms with Crippen molar-refractivity contribution in [3.63, 3.8) is 0 Å². The van der Waals surface area contributed by atoms with Crippen LogP contribution >= 0.6 is 0 Å². The second kappa shape index (κ2) is 12.0. The molecule has 0 N–H and O–H groups in total.